The molecule has 3 N–H and O–H groups in total. The topological polar surface area (TPSA) is 77.8 Å². The summed E-state index contributed by atoms with van der Waals surface area (Å²) in [6, 6.07) is 0. The summed E-state index contributed by atoms with van der Waals surface area (Å²) in [5.41, 5.74) is 0. The summed E-state index contributed by atoms with van der Waals surface area (Å²) in [5, 5.41) is 28.0. The van der Waals surface area contributed by atoms with Gasteiger partial charge in [0.1, 0.15) is 0 Å². The van der Waals surface area contributed by atoms with Crippen LogP contribution in [0.1, 0.15) is 45.4 Å². The van der Waals surface area contributed by atoms with Gasteiger partial charge in [0.15, 0.2) is 0 Å². The van der Waals surface area contributed by atoms with Crippen LogP contribution in [0.4, 0.5) is 0 Å². The molecule has 0 saturated heterocycles. The molecule has 144 valence electrons. The number of aliphatic carboxylic acids is 1. The van der Waals surface area contributed by atoms with Crippen molar-refractivity contribution in [2.24, 2.45) is 0 Å². The molecule has 4 nitrogen and oxygen atoms in total. The van der Waals surface area contributed by atoms with Gasteiger partial charge in [-0.15, -0.1) is 0 Å². The zero-order chi connectivity index (χ0) is 19.5. The molecule has 0 aromatic heterocycles. The van der Waals surface area contributed by atoms with Gasteiger partial charge < -0.3 is 15.3 Å². The molecule has 2 atom stereocenters. The second kappa shape index (κ2) is 17.6. The Morgan fingerprint density at radius 3 is 1.88 bits per heavy atom. The van der Waals surface area contributed by atoms with Crippen molar-refractivity contribution >= 4 is 5.97 Å². The number of allylic oxidation sites excluding steroid dienone is 8. The van der Waals surface area contributed by atoms with Gasteiger partial charge in [-0.2, -0.15) is 0 Å². The molecule has 0 aliphatic heterocycles. The number of carboxylic acids is 1. The highest BCUT2D eigenvalue weighted by molar-refractivity contribution is 5.66. The quantitative estimate of drug-likeness (QED) is 0.315. The van der Waals surface area contributed by atoms with Gasteiger partial charge in [0.05, 0.1) is 12.2 Å². The van der Waals surface area contributed by atoms with Crippen LogP contribution in [0, 0.1) is 0 Å². The highest BCUT2D eigenvalue weighted by Crippen LogP contribution is 2.00. The molecule has 1 unspecified atom stereocenters. The molecular formula is C22H32O4. The van der Waals surface area contributed by atoms with Gasteiger partial charge in [0, 0.05) is 6.42 Å². The lowest BCUT2D eigenvalue weighted by Gasteiger charge is -1.99. The molecule has 0 spiro atoms. The fourth-order valence-electron chi connectivity index (χ4n) is 1.90. The highest BCUT2D eigenvalue weighted by atomic mass is 16.4. The molecule has 0 fully saturated rings. The van der Waals surface area contributed by atoms with Crippen LogP contribution in [-0.4, -0.2) is 33.5 Å². The SMILES string of the molecule is CC/C=C\C[C@H](O)/C=C/C=C\C=C/C(O)C/C=C\C/C=C\CCC(=O)O. The summed E-state index contributed by atoms with van der Waals surface area (Å²) in [5.74, 6) is -0.787. The van der Waals surface area contributed by atoms with E-state index < -0.39 is 18.2 Å². The van der Waals surface area contributed by atoms with E-state index in [0.717, 1.165) is 12.8 Å². The number of aliphatic hydroxyl groups is 2. The molecule has 0 aliphatic rings. The van der Waals surface area contributed by atoms with Crippen molar-refractivity contribution in [3.05, 3.63) is 72.9 Å². The van der Waals surface area contributed by atoms with Crippen molar-refractivity contribution in [1.29, 1.82) is 0 Å². The van der Waals surface area contributed by atoms with Gasteiger partial charge in [0.25, 0.3) is 0 Å². The van der Waals surface area contributed by atoms with Crippen molar-refractivity contribution in [3.8, 4) is 0 Å². The predicted molar refractivity (Wildman–Crippen MR) is 108 cm³/mol. The Morgan fingerprint density at radius 1 is 0.808 bits per heavy atom. The lowest BCUT2D eigenvalue weighted by molar-refractivity contribution is -0.136. The Hall–Kier alpha value is -2.17. The monoisotopic (exact) mass is 360 g/mol. The zero-order valence-electron chi connectivity index (χ0n) is 15.6. The fraction of sp³-hybridized carbons (Fsp3) is 0.409. The summed E-state index contributed by atoms with van der Waals surface area (Å²) in [6.45, 7) is 2.06. The summed E-state index contributed by atoms with van der Waals surface area (Å²) in [4.78, 5) is 10.3. The van der Waals surface area contributed by atoms with Gasteiger partial charge >= 0.3 is 5.97 Å². The van der Waals surface area contributed by atoms with Crippen LogP contribution >= 0.6 is 0 Å². The second-order valence-electron chi connectivity index (χ2n) is 5.75. The number of hydrogen-bond acceptors (Lipinski definition) is 3. The largest absolute Gasteiger partial charge is 0.481 e. The number of carboxylic acid groups (broad SMARTS) is 1. The van der Waals surface area contributed by atoms with E-state index in [2.05, 4.69) is 6.92 Å². The third-order valence-electron chi connectivity index (χ3n) is 3.29. The minimum absolute atomic E-state index is 0.154. The molecular weight excluding hydrogens is 328 g/mol. The number of rotatable bonds is 14. The zero-order valence-corrected chi connectivity index (χ0v) is 15.6. The van der Waals surface area contributed by atoms with Crippen molar-refractivity contribution in [3.63, 3.8) is 0 Å². The summed E-state index contributed by atoms with van der Waals surface area (Å²) < 4.78 is 0. The second-order valence-corrected chi connectivity index (χ2v) is 5.75. The molecule has 0 rings (SSSR count). The van der Waals surface area contributed by atoms with Crippen LogP contribution in [0.5, 0.6) is 0 Å². The molecule has 0 amide bonds. The average molecular weight is 360 g/mol. The maximum atomic E-state index is 10.3. The maximum Gasteiger partial charge on any atom is 0.303 e. The van der Waals surface area contributed by atoms with E-state index in [1.165, 1.54) is 0 Å². The summed E-state index contributed by atoms with van der Waals surface area (Å²) in [7, 11) is 0. The van der Waals surface area contributed by atoms with Crippen LogP contribution in [0.25, 0.3) is 0 Å². The first kappa shape index (κ1) is 23.8. The van der Waals surface area contributed by atoms with E-state index in [9.17, 15) is 15.0 Å². The smallest absolute Gasteiger partial charge is 0.303 e. The molecule has 0 radical (unpaired) electrons. The van der Waals surface area contributed by atoms with Crippen LogP contribution in [0.15, 0.2) is 72.9 Å². The van der Waals surface area contributed by atoms with Gasteiger partial charge in [-0.05, 0) is 32.1 Å². The molecule has 0 saturated carbocycles. The standard InChI is InChI=1S/C22H32O4/c1-2-3-10-15-20(23)17-12-8-9-13-18-21(24)16-11-6-4-5-7-14-19-22(25)26/h3,5-13,17-18,20-21,23-24H,2,4,14-16,19H2,1H3,(H,25,26)/b7-5-,9-8-,10-3-,11-6-,17-12+,18-13-/t20-,21?/m0/s1. The third kappa shape index (κ3) is 18.2. The van der Waals surface area contributed by atoms with Crippen LogP contribution in [0.2, 0.25) is 0 Å². The minimum Gasteiger partial charge on any atom is -0.481 e. The van der Waals surface area contributed by atoms with E-state index in [1.807, 2.05) is 48.6 Å². The maximum absolute atomic E-state index is 10.3. The third-order valence-corrected chi connectivity index (χ3v) is 3.29. The predicted octanol–water partition coefficient (Wildman–Crippen LogP) is 4.49. The lowest BCUT2D eigenvalue weighted by atomic mass is 10.2. The highest BCUT2D eigenvalue weighted by Gasteiger charge is 1.94. The molecule has 0 heterocycles. The first-order chi connectivity index (χ1) is 12.6. The first-order valence-corrected chi connectivity index (χ1v) is 9.10. The number of aliphatic hydroxyl groups excluding tert-OH is 2. The summed E-state index contributed by atoms with van der Waals surface area (Å²) in [6.07, 6.45) is 24.8. The Kier molecular flexibility index (Phi) is 16.2. The van der Waals surface area contributed by atoms with Gasteiger partial charge in [-0.3, -0.25) is 4.79 Å². The number of carbonyl (C=O) groups is 1. The average Bonchev–Trinajstić information content (AvgIpc) is 2.60. The van der Waals surface area contributed by atoms with Crippen molar-refractivity contribution in [2.75, 3.05) is 0 Å². The molecule has 4 heteroatoms. The first-order valence-electron chi connectivity index (χ1n) is 9.10. The molecule has 0 bridgehead atoms. The number of hydrogen-bond donors (Lipinski definition) is 3. The lowest BCUT2D eigenvalue weighted by Crippen LogP contribution is -1.98. The van der Waals surface area contributed by atoms with Gasteiger partial charge in [-0.25, -0.2) is 0 Å². The molecule has 0 aliphatic carbocycles. The fourth-order valence-corrected chi connectivity index (χ4v) is 1.90. The van der Waals surface area contributed by atoms with E-state index in [0.29, 0.717) is 19.3 Å². The van der Waals surface area contributed by atoms with Gasteiger partial charge in [-0.1, -0.05) is 79.8 Å². The Bertz CT molecular complexity index is 524. The van der Waals surface area contributed by atoms with Crippen LogP contribution < -0.4 is 0 Å². The van der Waals surface area contributed by atoms with E-state index in [4.69, 9.17) is 5.11 Å². The molecule has 0 aromatic carbocycles. The van der Waals surface area contributed by atoms with E-state index in [1.54, 1.807) is 24.3 Å². The normalized spacial score (nSPS) is 15.5. The summed E-state index contributed by atoms with van der Waals surface area (Å²) >= 11 is 0. The Morgan fingerprint density at radius 2 is 1.35 bits per heavy atom. The van der Waals surface area contributed by atoms with E-state index >= 15 is 0 Å². The Balaban J connectivity index is 3.87. The van der Waals surface area contributed by atoms with Crippen LogP contribution in [-0.2, 0) is 4.79 Å². The molecule has 0 aromatic rings. The van der Waals surface area contributed by atoms with Crippen molar-refractivity contribution in [2.45, 2.75) is 57.7 Å². The molecule has 26 heavy (non-hydrogen) atoms. The van der Waals surface area contributed by atoms with E-state index in [-0.39, 0.29) is 6.42 Å². The minimum atomic E-state index is -0.787. The van der Waals surface area contributed by atoms with Crippen molar-refractivity contribution < 1.29 is 20.1 Å². The van der Waals surface area contributed by atoms with Gasteiger partial charge in [0.2, 0.25) is 0 Å². The van der Waals surface area contributed by atoms with Crippen molar-refractivity contribution in [1.82, 2.24) is 0 Å². The Labute approximate surface area is 157 Å². The van der Waals surface area contributed by atoms with Crippen LogP contribution in [0.3, 0.4) is 0 Å².